The van der Waals surface area contributed by atoms with Gasteiger partial charge in [-0.25, -0.2) is 4.39 Å². The first-order valence-corrected chi connectivity index (χ1v) is 34.0. The molecule has 0 unspecified atom stereocenters. The van der Waals surface area contributed by atoms with Gasteiger partial charge in [0.05, 0.1) is 9.85 Å². The Morgan fingerprint density at radius 3 is 0.598 bits per heavy atom. The molecule has 13 aromatic carbocycles. The van der Waals surface area contributed by atoms with Gasteiger partial charge in [-0.15, -0.1) is 0 Å². The number of nitrogen functional groups attached to an aromatic ring is 2. The molecule has 0 atom stereocenters. The molecule has 12 heteroatoms. The van der Waals surface area contributed by atoms with Crippen molar-refractivity contribution in [2.75, 3.05) is 26.2 Å². The molecule has 0 spiro atoms. The van der Waals surface area contributed by atoms with E-state index >= 15 is 0 Å². The predicted octanol–water partition coefficient (Wildman–Crippen LogP) is 23.9. The molecule has 0 aliphatic heterocycles. The fourth-order valence-electron chi connectivity index (χ4n) is 12.8. The molecule has 11 nitrogen and oxygen atoms in total. The molecule has 0 bridgehead atoms. The summed E-state index contributed by atoms with van der Waals surface area (Å²) in [6.45, 7) is 18.2. The molecule has 510 valence electrons. The van der Waals surface area contributed by atoms with Crippen LogP contribution in [0.15, 0.2) is 340 Å². The van der Waals surface area contributed by atoms with Crippen molar-refractivity contribution in [3.8, 4) is 0 Å². The van der Waals surface area contributed by atoms with E-state index in [0.29, 0.717) is 5.69 Å². The molecule has 0 aliphatic carbocycles. The molecule has 13 rings (SSSR count). The molecule has 0 aliphatic rings. The summed E-state index contributed by atoms with van der Waals surface area (Å²) >= 11 is 0. The van der Waals surface area contributed by atoms with Crippen molar-refractivity contribution < 1.29 is 14.2 Å². The second-order valence-corrected chi connectivity index (χ2v) is 27.4. The van der Waals surface area contributed by atoms with Crippen molar-refractivity contribution in [2.24, 2.45) is 0 Å². The number of nitro groups is 2. The molecule has 0 fully saturated rings. The molecular weight excluding hydrogens is 1260 g/mol. The summed E-state index contributed by atoms with van der Waals surface area (Å²) in [5.41, 5.74) is 32.0. The molecule has 13 aromatic rings. The van der Waals surface area contributed by atoms with Crippen LogP contribution in [0.2, 0.25) is 0 Å². The number of non-ortho nitro benzene ring substituents is 2. The zero-order valence-corrected chi connectivity index (χ0v) is 58.7. The van der Waals surface area contributed by atoms with Crippen LogP contribution in [-0.2, 0) is 21.7 Å². The summed E-state index contributed by atoms with van der Waals surface area (Å²) in [7, 11) is 0. The standard InChI is InChI=1S/C48H44N4O2.C36H36N2.C6H4FNO2/c1-47(2,35-11-7-5-8-12-35)37-15-21-40(22-16-37)50(41-23-17-38(18-24-41)48(3,4)36-13-9-6-10-14-36)43-27-29-44(30-28-43)51(42-25-19-39(49)20-26-42)45-31-33-46(34-32-45)52(53)54;1-35(2,27-11-7-5-8-12-27)29-15-21-32(22-16-29)38(34-25-19-31(37)20-26-34)33-23-17-30(18-24-33)36(3,4)28-13-9-6-10-14-28;7-5-1-3-6(4-2-5)8(9)10/h5-34H,49H2,1-4H3;5-26H,37H2,1-4H3;1-4H. The molecular formula is C90H84FN7O4. The third-order valence-corrected chi connectivity index (χ3v) is 19.4. The SMILES string of the molecule is CC(C)(c1ccccc1)c1ccc(N(c2ccc(N(c3ccc(N)cc3)c3ccc([N+](=O)[O-])cc3)cc2)c2ccc(C(C)(C)c3ccccc3)cc2)cc1.CC(C)(c1ccccc1)c1ccc(N(c2ccc(N)cc2)c2ccc(C(C)(C)c3ccccc3)cc2)cc1.O=[N+]([O-])c1ccc(F)cc1. The number of hydrogen-bond acceptors (Lipinski definition) is 9. The number of nitrogens with two attached hydrogens (primary N) is 2. The van der Waals surface area contributed by atoms with Gasteiger partial charge in [-0.3, -0.25) is 20.2 Å². The van der Waals surface area contributed by atoms with E-state index in [4.69, 9.17) is 11.5 Å². The molecule has 4 N–H and O–H groups in total. The molecule has 0 saturated heterocycles. The summed E-state index contributed by atoms with van der Waals surface area (Å²) < 4.78 is 12.1. The van der Waals surface area contributed by atoms with E-state index < -0.39 is 10.7 Å². The average Bonchev–Trinajstić information content (AvgIpc) is 0.784. The average molecular weight is 1350 g/mol. The van der Waals surface area contributed by atoms with Crippen LogP contribution in [-0.4, -0.2) is 9.85 Å². The van der Waals surface area contributed by atoms with Gasteiger partial charge >= 0.3 is 0 Å². The summed E-state index contributed by atoms with van der Waals surface area (Å²) in [5.74, 6) is -0.467. The van der Waals surface area contributed by atoms with Crippen LogP contribution in [0.4, 0.5) is 78.3 Å². The predicted molar refractivity (Wildman–Crippen MR) is 420 cm³/mol. The van der Waals surface area contributed by atoms with Gasteiger partial charge in [0, 0.05) is 108 Å². The first-order valence-electron chi connectivity index (χ1n) is 34.0. The highest BCUT2D eigenvalue weighted by Crippen LogP contribution is 2.44. The lowest BCUT2D eigenvalue weighted by Crippen LogP contribution is -2.19. The number of anilines is 11. The summed E-state index contributed by atoms with van der Waals surface area (Å²) in [4.78, 5) is 27.1. The van der Waals surface area contributed by atoms with Gasteiger partial charge in [-0.1, -0.05) is 225 Å². The van der Waals surface area contributed by atoms with Crippen LogP contribution in [0.3, 0.4) is 0 Å². The number of rotatable bonds is 19. The quantitative estimate of drug-likeness (QED) is 0.0459. The van der Waals surface area contributed by atoms with E-state index in [0.717, 1.165) is 81.1 Å². The lowest BCUT2D eigenvalue weighted by molar-refractivity contribution is -0.385. The van der Waals surface area contributed by atoms with Crippen molar-refractivity contribution >= 4 is 73.9 Å². The maximum atomic E-state index is 12.1. The second-order valence-electron chi connectivity index (χ2n) is 27.4. The molecule has 0 heterocycles. The van der Waals surface area contributed by atoms with Crippen LogP contribution in [0, 0.1) is 26.0 Å². The molecule has 0 aromatic heterocycles. The minimum absolute atomic E-state index is 0.0401. The largest absolute Gasteiger partial charge is 0.399 e. The Bertz CT molecular complexity index is 4680. The zero-order valence-electron chi connectivity index (χ0n) is 58.7. The highest BCUT2D eigenvalue weighted by atomic mass is 19.1. The van der Waals surface area contributed by atoms with Crippen molar-refractivity contribution in [3.05, 3.63) is 410 Å². The Hall–Kier alpha value is -12.4. The van der Waals surface area contributed by atoms with Gasteiger partial charge in [-0.05, 0) is 190 Å². The normalized spacial score (nSPS) is 11.4. The van der Waals surface area contributed by atoms with E-state index in [-0.39, 0.29) is 38.0 Å². The van der Waals surface area contributed by atoms with Gasteiger partial charge in [0.15, 0.2) is 0 Å². The minimum atomic E-state index is -0.570. The Morgan fingerprint density at radius 2 is 0.402 bits per heavy atom. The Balaban J connectivity index is 0.000000188. The van der Waals surface area contributed by atoms with Crippen LogP contribution in [0.25, 0.3) is 0 Å². The minimum Gasteiger partial charge on any atom is -0.399 e. The van der Waals surface area contributed by atoms with Crippen LogP contribution < -0.4 is 26.2 Å². The summed E-state index contributed by atoms with van der Waals surface area (Å²) in [5, 5.41) is 21.4. The number of nitro benzene ring substituents is 2. The Kier molecular flexibility index (Phi) is 21.4. The van der Waals surface area contributed by atoms with Crippen molar-refractivity contribution in [3.63, 3.8) is 0 Å². The third-order valence-electron chi connectivity index (χ3n) is 19.4. The first-order chi connectivity index (χ1) is 49.0. The smallest absolute Gasteiger partial charge is 0.269 e. The van der Waals surface area contributed by atoms with Crippen LogP contribution in [0.1, 0.15) is 99.9 Å². The highest BCUT2D eigenvalue weighted by Gasteiger charge is 2.28. The van der Waals surface area contributed by atoms with Crippen molar-refractivity contribution in [1.82, 2.24) is 0 Å². The molecule has 102 heavy (non-hydrogen) atoms. The van der Waals surface area contributed by atoms with E-state index in [1.165, 1.54) is 56.6 Å². The summed E-state index contributed by atoms with van der Waals surface area (Å²) in [6, 6.07) is 113. The van der Waals surface area contributed by atoms with Gasteiger partial charge < -0.3 is 26.2 Å². The van der Waals surface area contributed by atoms with Crippen molar-refractivity contribution in [2.45, 2.75) is 77.0 Å². The summed E-state index contributed by atoms with van der Waals surface area (Å²) in [6.07, 6.45) is 0. The van der Waals surface area contributed by atoms with Crippen molar-refractivity contribution in [1.29, 1.82) is 0 Å². The van der Waals surface area contributed by atoms with Gasteiger partial charge in [-0.2, -0.15) is 0 Å². The van der Waals surface area contributed by atoms with Gasteiger partial charge in [0.1, 0.15) is 5.82 Å². The number of halogens is 1. The fraction of sp³-hybridized carbons (Fsp3) is 0.133. The lowest BCUT2D eigenvalue weighted by Gasteiger charge is -2.31. The second kappa shape index (κ2) is 30.8. The number of nitrogens with zero attached hydrogens (tertiary/aromatic N) is 5. The lowest BCUT2D eigenvalue weighted by atomic mass is 9.78. The number of benzene rings is 13. The zero-order chi connectivity index (χ0) is 72.2. The fourth-order valence-corrected chi connectivity index (χ4v) is 12.8. The van der Waals surface area contributed by atoms with E-state index in [1.54, 1.807) is 12.1 Å². The number of hydrogen-bond donors (Lipinski definition) is 2. The van der Waals surface area contributed by atoms with Crippen LogP contribution in [0.5, 0.6) is 0 Å². The topological polar surface area (TPSA) is 148 Å². The highest BCUT2D eigenvalue weighted by molar-refractivity contribution is 5.83. The molecule has 0 saturated carbocycles. The monoisotopic (exact) mass is 1350 g/mol. The Morgan fingerprint density at radius 1 is 0.245 bits per heavy atom. The molecule has 0 radical (unpaired) electrons. The van der Waals surface area contributed by atoms with Gasteiger partial charge in [0.25, 0.3) is 11.4 Å². The van der Waals surface area contributed by atoms with E-state index in [2.05, 4.69) is 325 Å². The molecule has 0 amide bonds. The van der Waals surface area contributed by atoms with Gasteiger partial charge in [0.2, 0.25) is 0 Å². The Labute approximate surface area is 598 Å². The first kappa shape index (κ1) is 70.9. The third kappa shape index (κ3) is 16.2. The van der Waals surface area contributed by atoms with E-state index in [1.807, 2.05) is 36.4 Å². The van der Waals surface area contributed by atoms with Crippen LogP contribution >= 0.6 is 0 Å². The van der Waals surface area contributed by atoms with E-state index in [9.17, 15) is 24.6 Å². The maximum Gasteiger partial charge on any atom is 0.269 e. The maximum absolute atomic E-state index is 12.1.